The molecule has 4 nitrogen and oxygen atoms in total. The molecule has 2 rings (SSSR count). The number of carbonyl (C=O) groups excluding carboxylic acids is 1. The fraction of sp³-hybridized carbons (Fsp3) is 0.615. The van der Waals surface area contributed by atoms with Crippen molar-refractivity contribution >= 4 is 5.91 Å². The molecule has 1 aliphatic rings. The highest BCUT2D eigenvalue weighted by molar-refractivity contribution is 5.91. The first-order valence-corrected chi connectivity index (χ1v) is 6.21. The first kappa shape index (κ1) is 12.2. The Morgan fingerprint density at radius 2 is 2.29 bits per heavy atom. The van der Waals surface area contributed by atoms with Crippen LogP contribution in [0.15, 0.2) is 22.8 Å². The first-order valence-electron chi connectivity index (χ1n) is 6.21. The zero-order valence-corrected chi connectivity index (χ0v) is 10.2. The van der Waals surface area contributed by atoms with Gasteiger partial charge in [0.2, 0.25) is 0 Å². The lowest BCUT2D eigenvalue weighted by Crippen LogP contribution is -2.55. The number of amides is 1. The quantitative estimate of drug-likeness (QED) is 0.842. The first-order chi connectivity index (χ1) is 8.15. The Morgan fingerprint density at radius 3 is 2.82 bits per heavy atom. The smallest absolute Gasteiger partial charge is 0.287 e. The molecule has 0 atom stereocenters. The maximum atomic E-state index is 12.0. The van der Waals surface area contributed by atoms with Crippen LogP contribution in [0.3, 0.4) is 0 Å². The number of hydrogen-bond donors (Lipinski definition) is 2. The fourth-order valence-corrected chi connectivity index (χ4v) is 2.41. The van der Waals surface area contributed by atoms with E-state index in [-0.39, 0.29) is 11.4 Å². The molecule has 3 N–H and O–H groups in total. The van der Waals surface area contributed by atoms with E-state index in [0.29, 0.717) is 12.3 Å². The van der Waals surface area contributed by atoms with Crippen LogP contribution in [0, 0.1) is 5.92 Å². The number of nitrogens with one attached hydrogen (secondary N) is 1. The molecule has 1 fully saturated rings. The molecule has 17 heavy (non-hydrogen) atoms. The normalized spacial score (nSPS) is 28.9. The SMILES string of the molecule is CC1CCC(CN)(NC(=O)c2ccco2)CC1. The molecule has 0 bridgehead atoms. The average Bonchev–Trinajstić information content (AvgIpc) is 2.86. The molecule has 0 spiro atoms. The van der Waals surface area contributed by atoms with E-state index in [4.69, 9.17) is 10.2 Å². The van der Waals surface area contributed by atoms with Crippen molar-refractivity contribution in [1.29, 1.82) is 0 Å². The van der Waals surface area contributed by atoms with Crippen molar-refractivity contribution in [3.05, 3.63) is 24.2 Å². The van der Waals surface area contributed by atoms with E-state index in [1.165, 1.54) is 6.26 Å². The summed E-state index contributed by atoms with van der Waals surface area (Å²) in [5, 5.41) is 3.05. The van der Waals surface area contributed by atoms with Crippen LogP contribution in [0.2, 0.25) is 0 Å². The summed E-state index contributed by atoms with van der Waals surface area (Å²) >= 11 is 0. The Hall–Kier alpha value is -1.29. The van der Waals surface area contributed by atoms with Crippen molar-refractivity contribution in [2.45, 2.75) is 38.1 Å². The topological polar surface area (TPSA) is 68.3 Å². The highest BCUT2D eigenvalue weighted by Crippen LogP contribution is 2.31. The van der Waals surface area contributed by atoms with Gasteiger partial charge in [-0.1, -0.05) is 6.92 Å². The second-order valence-corrected chi connectivity index (χ2v) is 5.10. The van der Waals surface area contributed by atoms with Gasteiger partial charge in [0, 0.05) is 6.54 Å². The largest absolute Gasteiger partial charge is 0.459 e. The van der Waals surface area contributed by atoms with Crippen molar-refractivity contribution in [2.24, 2.45) is 11.7 Å². The molecule has 1 aromatic rings. The third-order valence-electron chi connectivity index (χ3n) is 3.75. The number of carbonyl (C=O) groups is 1. The predicted molar refractivity (Wildman–Crippen MR) is 65.6 cm³/mol. The number of furan rings is 1. The summed E-state index contributed by atoms with van der Waals surface area (Å²) in [5.41, 5.74) is 5.60. The van der Waals surface area contributed by atoms with Gasteiger partial charge >= 0.3 is 0 Å². The van der Waals surface area contributed by atoms with E-state index in [2.05, 4.69) is 12.2 Å². The predicted octanol–water partition coefficient (Wildman–Crippen LogP) is 1.92. The van der Waals surface area contributed by atoms with Gasteiger partial charge in [0.15, 0.2) is 5.76 Å². The Kier molecular flexibility index (Phi) is 3.52. The third-order valence-corrected chi connectivity index (χ3v) is 3.75. The minimum Gasteiger partial charge on any atom is -0.459 e. The van der Waals surface area contributed by atoms with Crippen molar-refractivity contribution in [3.8, 4) is 0 Å². The average molecular weight is 236 g/mol. The number of nitrogens with two attached hydrogens (primary N) is 1. The summed E-state index contributed by atoms with van der Waals surface area (Å²) in [4.78, 5) is 12.0. The van der Waals surface area contributed by atoms with Gasteiger partial charge in [0.05, 0.1) is 11.8 Å². The highest BCUT2D eigenvalue weighted by atomic mass is 16.3. The lowest BCUT2D eigenvalue weighted by atomic mass is 9.77. The van der Waals surface area contributed by atoms with E-state index < -0.39 is 0 Å². The molecule has 0 unspecified atom stereocenters. The summed E-state index contributed by atoms with van der Waals surface area (Å²) in [6, 6.07) is 3.39. The molecular formula is C13H20N2O2. The maximum absolute atomic E-state index is 12.0. The Balaban J connectivity index is 2.02. The molecule has 0 aliphatic heterocycles. The van der Waals surface area contributed by atoms with Gasteiger partial charge in [-0.05, 0) is 43.7 Å². The van der Waals surface area contributed by atoms with Crippen LogP contribution in [0.4, 0.5) is 0 Å². The lowest BCUT2D eigenvalue weighted by Gasteiger charge is -2.39. The summed E-state index contributed by atoms with van der Waals surface area (Å²) in [7, 11) is 0. The highest BCUT2D eigenvalue weighted by Gasteiger charge is 2.34. The Bertz CT molecular complexity index is 365. The standard InChI is InChI=1S/C13H20N2O2/c1-10-4-6-13(9-14,7-5-10)15-12(16)11-3-2-8-17-11/h2-3,8,10H,4-7,9,14H2,1H3,(H,15,16). The van der Waals surface area contributed by atoms with Crippen LogP contribution in [-0.4, -0.2) is 18.0 Å². The Morgan fingerprint density at radius 1 is 1.59 bits per heavy atom. The molecule has 1 amide bonds. The van der Waals surface area contributed by atoms with Gasteiger partial charge in [-0.25, -0.2) is 0 Å². The van der Waals surface area contributed by atoms with Gasteiger partial charge in [0.25, 0.3) is 5.91 Å². The second-order valence-electron chi connectivity index (χ2n) is 5.10. The monoisotopic (exact) mass is 236 g/mol. The summed E-state index contributed by atoms with van der Waals surface area (Å²) in [6.45, 7) is 2.74. The molecule has 1 aromatic heterocycles. The van der Waals surface area contributed by atoms with Crippen LogP contribution < -0.4 is 11.1 Å². The summed E-state index contributed by atoms with van der Waals surface area (Å²) < 4.78 is 5.09. The minimum absolute atomic E-state index is 0.157. The minimum atomic E-state index is -0.240. The molecule has 0 saturated heterocycles. The van der Waals surface area contributed by atoms with Crippen LogP contribution in [0.25, 0.3) is 0 Å². The van der Waals surface area contributed by atoms with Crippen LogP contribution in [-0.2, 0) is 0 Å². The van der Waals surface area contributed by atoms with E-state index in [1.807, 2.05) is 0 Å². The van der Waals surface area contributed by atoms with Gasteiger partial charge in [-0.15, -0.1) is 0 Å². The van der Waals surface area contributed by atoms with Crippen LogP contribution in [0.5, 0.6) is 0 Å². The van der Waals surface area contributed by atoms with E-state index in [1.54, 1.807) is 12.1 Å². The fourth-order valence-electron chi connectivity index (χ4n) is 2.41. The number of rotatable bonds is 3. The van der Waals surface area contributed by atoms with Crippen LogP contribution in [0.1, 0.15) is 43.2 Å². The van der Waals surface area contributed by atoms with E-state index in [9.17, 15) is 4.79 Å². The molecule has 1 aliphatic carbocycles. The third kappa shape index (κ3) is 2.69. The molecule has 4 heteroatoms. The molecule has 1 heterocycles. The Labute approximate surface area is 102 Å². The van der Waals surface area contributed by atoms with Gasteiger partial charge in [0.1, 0.15) is 0 Å². The molecular weight excluding hydrogens is 216 g/mol. The zero-order chi connectivity index (χ0) is 12.3. The summed E-state index contributed by atoms with van der Waals surface area (Å²) in [6.07, 6.45) is 5.66. The van der Waals surface area contributed by atoms with E-state index in [0.717, 1.165) is 31.6 Å². The molecule has 1 saturated carbocycles. The van der Waals surface area contributed by atoms with Gasteiger partial charge in [-0.3, -0.25) is 4.79 Å². The van der Waals surface area contributed by atoms with E-state index >= 15 is 0 Å². The van der Waals surface area contributed by atoms with Crippen molar-refractivity contribution in [2.75, 3.05) is 6.54 Å². The molecule has 94 valence electrons. The zero-order valence-electron chi connectivity index (χ0n) is 10.2. The van der Waals surface area contributed by atoms with Crippen molar-refractivity contribution in [1.82, 2.24) is 5.32 Å². The second kappa shape index (κ2) is 4.92. The van der Waals surface area contributed by atoms with Crippen LogP contribution >= 0.6 is 0 Å². The van der Waals surface area contributed by atoms with Crippen molar-refractivity contribution in [3.63, 3.8) is 0 Å². The van der Waals surface area contributed by atoms with Crippen molar-refractivity contribution < 1.29 is 9.21 Å². The molecule has 0 aromatic carbocycles. The van der Waals surface area contributed by atoms with Gasteiger partial charge in [-0.2, -0.15) is 0 Å². The number of hydrogen-bond acceptors (Lipinski definition) is 3. The molecule has 0 radical (unpaired) electrons. The lowest BCUT2D eigenvalue weighted by molar-refractivity contribution is 0.0831. The summed E-state index contributed by atoms with van der Waals surface area (Å²) in [5.74, 6) is 0.932. The van der Waals surface area contributed by atoms with Gasteiger partial charge < -0.3 is 15.5 Å². The maximum Gasteiger partial charge on any atom is 0.287 e.